The van der Waals surface area contributed by atoms with E-state index in [4.69, 9.17) is 16.3 Å². The van der Waals surface area contributed by atoms with E-state index in [2.05, 4.69) is 12.2 Å². The van der Waals surface area contributed by atoms with Crippen LogP contribution in [0.15, 0.2) is 48.0 Å². The topological polar surface area (TPSA) is 62.1 Å². The second kappa shape index (κ2) is 12.7. The second-order valence-corrected chi connectivity index (χ2v) is 7.67. The molecule has 0 unspecified atom stereocenters. The zero-order valence-electron chi connectivity index (χ0n) is 17.7. The van der Waals surface area contributed by atoms with E-state index in [-0.39, 0.29) is 5.57 Å². The number of carbonyl (C=O) groups excluding carboxylic acids is 1. The summed E-state index contributed by atoms with van der Waals surface area (Å²) in [6.07, 6.45) is 8.59. The smallest absolute Gasteiger partial charge is 0.266 e. The average molecular weight is 425 g/mol. The highest BCUT2D eigenvalue weighted by Gasteiger charge is 2.13. The summed E-state index contributed by atoms with van der Waals surface area (Å²) in [7, 11) is 0. The van der Waals surface area contributed by atoms with Crippen LogP contribution in [0.25, 0.3) is 6.08 Å². The van der Waals surface area contributed by atoms with Crippen LogP contribution in [0.5, 0.6) is 5.75 Å². The van der Waals surface area contributed by atoms with Crippen molar-refractivity contribution in [1.29, 1.82) is 5.26 Å². The third-order valence-electron chi connectivity index (χ3n) is 4.79. The normalized spacial score (nSPS) is 11.1. The maximum Gasteiger partial charge on any atom is 0.266 e. The largest absolute Gasteiger partial charge is 0.493 e. The van der Waals surface area contributed by atoms with Crippen molar-refractivity contribution in [1.82, 2.24) is 0 Å². The Bertz CT molecular complexity index is 916. The van der Waals surface area contributed by atoms with Gasteiger partial charge in [0, 0.05) is 16.3 Å². The third-order valence-corrected chi connectivity index (χ3v) is 5.02. The molecular formula is C25H29ClN2O2. The highest BCUT2D eigenvalue weighted by atomic mass is 35.5. The molecule has 0 saturated heterocycles. The van der Waals surface area contributed by atoms with Gasteiger partial charge in [-0.05, 0) is 49.2 Å². The first-order valence-corrected chi connectivity index (χ1v) is 10.8. The molecule has 0 spiro atoms. The van der Waals surface area contributed by atoms with Crippen LogP contribution < -0.4 is 10.1 Å². The Hall–Kier alpha value is -2.77. The van der Waals surface area contributed by atoms with Gasteiger partial charge in [0.05, 0.1) is 6.61 Å². The van der Waals surface area contributed by atoms with Crippen LogP contribution in [0.3, 0.4) is 0 Å². The van der Waals surface area contributed by atoms with Crippen molar-refractivity contribution in [2.45, 2.75) is 52.4 Å². The van der Waals surface area contributed by atoms with E-state index in [1.165, 1.54) is 31.8 Å². The lowest BCUT2D eigenvalue weighted by molar-refractivity contribution is -0.112. The van der Waals surface area contributed by atoms with E-state index in [9.17, 15) is 10.1 Å². The van der Waals surface area contributed by atoms with Crippen molar-refractivity contribution in [2.75, 3.05) is 11.9 Å². The summed E-state index contributed by atoms with van der Waals surface area (Å²) in [6, 6.07) is 14.6. The fraction of sp³-hybridized carbons (Fsp3) is 0.360. The average Bonchev–Trinajstić information content (AvgIpc) is 2.74. The number of carbonyl (C=O) groups is 1. The van der Waals surface area contributed by atoms with Crippen LogP contribution in [0.2, 0.25) is 5.02 Å². The Balaban J connectivity index is 2.07. The number of nitrogens with one attached hydrogen (secondary N) is 1. The number of rotatable bonds is 11. The first-order chi connectivity index (χ1) is 14.5. The molecule has 4 nitrogen and oxygen atoms in total. The van der Waals surface area contributed by atoms with Crippen molar-refractivity contribution in [2.24, 2.45) is 0 Å². The lowest BCUT2D eigenvalue weighted by atomic mass is 10.1. The molecule has 1 N–H and O–H groups in total. The summed E-state index contributed by atoms with van der Waals surface area (Å²) in [6.45, 7) is 4.69. The first-order valence-electron chi connectivity index (χ1n) is 10.5. The Kier molecular flexibility index (Phi) is 9.97. The predicted molar refractivity (Wildman–Crippen MR) is 124 cm³/mol. The summed E-state index contributed by atoms with van der Waals surface area (Å²) < 4.78 is 5.92. The molecule has 158 valence electrons. The number of nitrogens with zero attached hydrogens (tertiary/aromatic N) is 1. The van der Waals surface area contributed by atoms with Gasteiger partial charge >= 0.3 is 0 Å². The van der Waals surface area contributed by atoms with Crippen molar-refractivity contribution >= 4 is 29.3 Å². The highest BCUT2D eigenvalue weighted by Crippen LogP contribution is 2.26. The number of amides is 1. The van der Waals surface area contributed by atoms with Crippen LogP contribution in [0.1, 0.15) is 56.6 Å². The number of para-hydroxylation sites is 1. The van der Waals surface area contributed by atoms with Gasteiger partial charge < -0.3 is 10.1 Å². The molecule has 0 bridgehead atoms. The van der Waals surface area contributed by atoms with Gasteiger partial charge in [0.2, 0.25) is 0 Å². The Labute approximate surface area is 184 Å². The van der Waals surface area contributed by atoms with Gasteiger partial charge in [0.15, 0.2) is 0 Å². The number of hydrogen-bond acceptors (Lipinski definition) is 3. The number of nitriles is 1. The van der Waals surface area contributed by atoms with Crippen LogP contribution >= 0.6 is 11.6 Å². The lowest BCUT2D eigenvalue weighted by Crippen LogP contribution is -2.14. The minimum atomic E-state index is -0.464. The number of aryl methyl sites for hydroxylation is 1. The zero-order chi connectivity index (χ0) is 21.8. The van der Waals surface area contributed by atoms with Gasteiger partial charge in [-0.2, -0.15) is 5.26 Å². The van der Waals surface area contributed by atoms with Crippen LogP contribution in [0, 0.1) is 18.3 Å². The fourth-order valence-corrected chi connectivity index (χ4v) is 3.22. The van der Waals surface area contributed by atoms with Crippen molar-refractivity contribution in [3.8, 4) is 11.8 Å². The predicted octanol–water partition coefficient (Wildman–Crippen LogP) is 6.93. The molecule has 0 fully saturated rings. The van der Waals surface area contributed by atoms with E-state index in [0.717, 1.165) is 18.4 Å². The first kappa shape index (κ1) is 23.5. The van der Waals surface area contributed by atoms with E-state index >= 15 is 0 Å². The van der Waals surface area contributed by atoms with Crippen LogP contribution in [0.4, 0.5) is 5.69 Å². The van der Waals surface area contributed by atoms with Gasteiger partial charge in [-0.1, -0.05) is 68.8 Å². The molecule has 0 atom stereocenters. The van der Waals surface area contributed by atoms with Gasteiger partial charge in [0.25, 0.3) is 5.91 Å². The van der Waals surface area contributed by atoms with Crippen LogP contribution in [-0.2, 0) is 4.79 Å². The lowest BCUT2D eigenvalue weighted by Gasteiger charge is -2.11. The van der Waals surface area contributed by atoms with Gasteiger partial charge in [-0.25, -0.2) is 0 Å². The fourth-order valence-electron chi connectivity index (χ4n) is 3.03. The summed E-state index contributed by atoms with van der Waals surface area (Å²) in [5, 5.41) is 12.8. The number of hydrogen-bond donors (Lipinski definition) is 1. The maximum absolute atomic E-state index is 12.6. The second-order valence-electron chi connectivity index (χ2n) is 7.24. The van der Waals surface area contributed by atoms with Gasteiger partial charge in [0.1, 0.15) is 17.4 Å². The maximum atomic E-state index is 12.6. The minimum Gasteiger partial charge on any atom is -0.493 e. The molecule has 0 aliphatic rings. The van der Waals surface area contributed by atoms with Gasteiger partial charge in [-0.3, -0.25) is 4.79 Å². The Morgan fingerprint density at radius 3 is 2.60 bits per heavy atom. The summed E-state index contributed by atoms with van der Waals surface area (Å²) >= 11 is 6.14. The summed E-state index contributed by atoms with van der Waals surface area (Å²) in [5.74, 6) is 0.151. The molecule has 0 aliphatic heterocycles. The van der Waals surface area contributed by atoms with Crippen molar-refractivity contribution < 1.29 is 9.53 Å². The van der Waals surface area contributed by atoms with E-state index in [1.807, 2.05) is 31.2 Å². The molecule has 0 heterocycles. The highest BCUT2D eigenvalue weighted by molar-refractivity contribution is 6.30. The zero-order valence-corrected chi connectivity index (χ0v) is 18.5. The van der Waals surface area contributed by atoms with Crippen molar-refractivity contribution in [3.63, 3.8) is 0 Å². The molecule has 5 heteroatoms. The molecule has 2 rings (SSSR count). The number of ether oxygens (including phenoxy) is 1. The summed E-state index contributed by atoms with van der Waals surface area (Å²) in [4.78, 5) is 12.6. The summed E-state index contributed by atoms with van der Waals surface area (Å²) in [5.41, 5.74) is 2.21. The third kappa shape index (κ3) is 7.57. The molecule has 30 heavy (non-hydrogen) atoms. The molecule has 2 aromatic rings. The molecule has 0 aliphatic carbocycles. The molecule has 0 aromatic heterocycles. The van der Waals surface area contributed by atoms with E-state index in [1.54, 1.807) is 24.3 Å². The SMILES string of the molecule is CCCCCCCCOc1ccc(Cl)cc1/C=C(/C#N)C(=O)Nc1ccccc1C. The standard InChI is InChI=1S/C25H29ClN2O2/c1-3-4-5-6-7-10-15-30-24-14-13-22(26)17-20(24)16-21(18-27)25(29)28-23-12-9-8-11-19(23)2/h8-9,11-14,16-17H,3-7,10,15H2,1-2H3,(H,28,29)/b21-16-. The van der Waals surface area contributed by atoms with Gasteiger partial charge in [-0.15, -0.1) is 0 Å². The number of benzene rings is 2. The van der Waals surface area contributed by atoms with E-state index < -0.39 is 5.91 Å². The quantitative estimate of drug-likeness (QED) is 0.241. The molecular weight excluding hydrogens is 396 g/mol. The number of halogens is 1. The van der Waals surface area contributed by atoms with Crippen LogP contribution in [-0.4, -0.2) is 12.5 Å². The number of anilines is 1. The minimum absolute atomic E-state index is 0.00932. The molecule has 2 aromatic carbocycles. The molecule has 0 saturated carbocycles. The number of unbranched alkanes of at least 4 members (excludes halogenated alkanes) is 5. The van der Waals surface area contributed by atoms with Crippen molar-refractivity contribution in [3.05, 3.63) is 64.2 Å². The Morgan fingerprint density at radius 2 is 1.87 bits per heavy atom. The Morgan fingerprint density at radius 1 is 1.13 bits per heavy atom. The molecule has 0 radical (unpaired) electrons. The molecule has 1 amide bonds. The monoisotopic (exact) mass is 424 g/mol. The van der Waals surface area contributed by atoms with E-state index in [0.29, 0.717) is 28.6 Å².